The molecule has 0 aliphatic rings. The third-order valence-corrected chi connectivity index (χ3v) is 2.81. The Morgan fingerprint density at radius 3 is 2.20 bits per heavy atom. The molecule has 0 aliphatic carbocycles. The van der Waals surface area contributed by atoms with Gasteiger partial charge in [0.05, 0.1) is 19.9 Å². The lowest BCUT2D eigenvalue weighted by molar-refractivity contribution is 0.0722. The Bertz CT molecular complexity index is 591. The van der Waals surface area contributed by atoms with Crippen molar-refractivity contribution in [2.45, 2.75) is 13.8 Å². The van der Waals surface area contributed by atoms with Gasteiger partial charge in [-0.3, -0.25) is 0 Å². The van der Waals surface area contributed by atoms with Gasteiger partial charge in [0.1, 0.15) is 11.3 Å². The number of aryl methyl sites for hydroxylation is 2. The molecule has 0 radical (unpaired) electrons. The van der Waals surface area contributed by atoms with Crippen molar-refractivity contribution in [3.8, 4) is 17.2 Å². The van der Waals surface area contributed by atoms with Gasteiger partial charge < -0.3 is 18.7 Å². The highest BCUT2D eigenvalue weighted by molar-refractivity contribution is 5.93. The molecule has 1 aromatic carbocycles. The van der Waals surface area contributed by atoms with E-state index in [2.05, 4.69) is 5.16 Å². The first-order valence-electron chi connectivity index (χ1n) is 5.94. The van der Waals surface area contributed by atoms with Crippen molar-refractivity contribution in [2.75, 3.05) is 14.2 Å². The highest BCUT2D eigenvalue weighted by atomic mass is 16.6. The van der Waals surface area contributed by atoms with E-state index >= 15 is 0 Å². The van der Waals surface area contributed by atoms with Crippen molar-refractivity contribution < 1.29 is 23.5 Å². The molecule has 0 atom stereocenters. The number of methoxy groups -OCH3 is 2. The Morgan fingerprint density at radius 2 is 1.75 bits per heavy atom. The van der Waals surface area contributed by atoms with E-state index in [1.165, 1.54) is 14.2 Å². The number of benzene rings is 1. The van der Waals surface area contributed by atoms with Crippen LogP contribution >= 0.6 is 0 Å². The predicted molar refractivity (Wildman–Crippen MR) is 70.5 cm³/mol. The predicted octanol–water partition coefficient (Wildman–Crippen LogP) is 2.53. The van der Waals surface area contributed by atoms with Gasteiger partial charge in [-0.2, -0.15) is 0 Å². The third kappa shape index (κ3) is 2.45. The fourth-order valence-corrected chi connectivity index (χ4v) is 1.84. The summed E-state index contributed by atoms with van der Waals surface area (Å²) in [6, 6.07) is 5.10. The maximum Gasteiger partial charge on any atom is 0.349 e. The number of carbonyl (C=O) groups is 1. The molecule has 0 bridgehead atoms. The quantitative estimate of drug-likeness (QED) is 0.631. The van der Waals surface area contributed by atoms with Crippen LogP contribution < -0.4 is 14.2 Å². The van der Waals surface area contributed by atoms with Crippen molar-refractivity contribution >= 4 is 5.97 Å². The zero-order valence-electron chi connectivity index (χ0n) is 11.7. The van der Waals surface area contributed by atoms with E-state index in [0.29, 0.717) is 28.5 Å². The van der Waals surface area contributed by atoms with Crippen molar-refractivity contribution in [1.82, 2.24) is 5.16 Å². The molecule has 0 unspecified atom stereocenters. The molecule has 6 heteroatoms. The van der Waals surface area contributed by atoms with Gasteiger partial charge in [0.2, 0.25) is 5.75 Å². The highest BCUT2D eigenvalue weighted by Gasteiger charge is 2.23. The van der Waals surface area contributed by atoms with Crippen LogP contribution in [0.25, 0.3) is 0 Å². The molecule has 20 heavy (non-hydrogen) atoms. The molecule has 2 aromatic rings. The number of carbonyl (C=O) groups excluding carboxylic acids is 1. The van der Waals surface area contributed by atoms with Crippen molar-refractivity contribution in [2.24, 2.45) is 0 Å². The fraction of sp³-hybridized carbons (Fsp3) is 0.286. The van der Waals surface area contributed by atoms with E-state index in [-0.39, 0.29) is 5.75 Å². The van der Waals surface area contributed by atoms with Crippen molar-refractivity contribution in [3.63, 3.8) is 0 Å². The number of para-hydroxylation sites is 1. The number of rotatable bonds is 4. The molecule has 2 rings (SSSR count). The van der Waals surface area contributed by atoms with Gasteiger partial charge in [-0.15, -0.1) is 0 Å². The summed E-state index contributed by atoms with van der Waals surface area (Å²) in [5, 5.41) is 3.73. The first-order valence-corrected chi connectivity index (χ1v) is 5.94. The van der Waals surface area contributed by atoms with Crippen LogP contribution in [0.3, 0.4) is 0 Å². The minimum atomic E-state index is -0.566. The molecule has 0 spiro atoms. The average Bonchev–Trinajstić information content (AvgIpc) is 2.78. The lowest BCUT2D eigenvalue weighted by Gasteiger charge is -2.12. The third-order valence-electron chi connectivity index (χ3n) is 2.81. The molecular weight excluding hydrogens is 262 g/mol. The van der Waals surface area contributed by atoms with Crippen LogP contribution in [0.2, 0.25) is 0 Å². The molecule has 0 saturated carbocycles. The minimum absolute atomic E-state index is 0.225. The fourth-order valence-electron chi connectivity index (χ4n) is 1.84. The van der Waals surface area contributed by atoms with Crippen LogP contribution in [0.4, 0.5) is 0 Å². The number of esters is 1. The van der Waals surface area contributed by atoms with Gasteiger partial charge in [0.15, 0.2) is 11.5 Å². The summed E-state index contributed by atoms with van der Waals surface area (Å²) in [7, 11) is 2.98. The average molecular weight is 277 g/mol. The summed E-state index contributed by atoms with van der Waals surface area (Å²) in [5.41, 5.74) is 0.777. The molecular formula is C14H15NO5. The summed E-state index contributed by atoms with van der Waals surface area (Å²) in [5.74, 6) is 0.877. The standard InChI is InChI=1S/C14H15NO5/c1-8-12(9(2)20-15-8)14(16)19-13-10(17-3)6-5-7-11(13)18-4/h5-7H,1-4H3. The molecule has 0 saturated heterocycles. The van der Waals surface area contributed by atoms with Crippen LogP contribution in [-0.2, 0) is 0 Å². The highest BCUT2D eigenvalue weighted by Crippen LogP contribution is 2.37. The van der Waals surface area contributed by atoms with Gasteiger partial charge in [-0.05, 0) is 26.0 Å². The maximum atomic E-state index is 12.2. The summed E-state index contributed by atoms with van der Waals surface area (Å²) in [6.07, 6.45) is 0. The first-order chi connectivity index (χ1) is 9.58. The van der Waals surface area contributed by atoms with Crippen LogP contribution in [0.5, 0.6) is 17.2 Å². The Morgan fingerprint density at radius 1 is 1.15 bits per heavy atom. The summed E-state index contributed by atoms with van der Waals surface area (Å²) >= 11 is 0. The zero-order valence-corrected chi connectivity index (χ0v) is 11.7. The SMILES string of the molecule is COc1cccc(OC)c1OC(=O)c1c(C)noc1C. The maximum absolute atomic E-state index is 12.2. The van der Waals surface area contributed by atoms with Crippen LogP contribution in [0.1, 0.15) is 21.8 Å². The Kier molecular flexibility index (Phi) is 3.93. The summed E-state index contributed by atoms with van der Waals surface area (Å²) in [6.45, 7) is 3.32. The van der Waals surface area contributed by atoms with Crippen LogP contribution in [0, 0.1) is 13.8 Å². The smallest absolute Gasteiger partial charge is 0.349 e. The normalized spacial score (nSPS) is 10.2. The number of ether oxygens (including phenoxy) is 3. The Labute approximate surface area is 116 Å². The Balaban J connectivity index is 2.37. The number of aromatic nitrogens is 1. The summed E-state index contributed by atoms with van der Waals surface area (Å²) in [4.78, 5) is 12.2. The monoisotopic (exact) mass is 277 g/mol. The van der Waals surface area contributed by atoms with E-state index in [1.54, 1.807) is 32.0 Å². The van der Waals surface area contributed by atoms with Gasteiger partial charge in [0.25, 0.3) is 0 Å². The number of nitrogens with zero attached hydrogens (tertiary/aromatic N) is 1. The van der Waals surface area contributed by atoms with Gasteiger partial charge in [0, 0.05) is 0 Å². The van der Waals surface area contributed by atoms with E-state index in [0.717, 1.165) is 0 Å². The largest absolute Gasteiger partial charge is 0.493 e. The van der Waals surface area contributed by atoms with E-state index in [1.807, 2.05) is 0 Å². The summed E-state index contributed by atoms with van der Waals surface area (Å²) < 4.78 is 20.7. The molecule has 0 aliphatic heterocycles. The second-order valence-electron chi connectivity index (χ2n) is 4.08. The van der Waals surface area contributed by atoms with Gasteiger partial charge >= 0.3 is 5.97 Å². The lowest BCUT2D eigenvalue weighted by Crippen LogP contribution is -2.12. The topological polar surface area (TPSA) is 70.8 Å². The van der Waals surface area contributed by atoms with Gasteiger partial charge in [-0.1, -0.05) is 11.2 Å². The van der Waals surface area contributed by atoms with Crippen LogP contribution in [-0.4, -0.2) is 25.3 Å². The molecule has 106 valence electrons. The van der Waals surface area contributed by atoms with Crippen LogP contribution in [0.15, 0.2) is 22.7 Å². The van der Waals surface area contributed by atoms with Crippen molar-refractivity contribution in [1.29, 1.82) is 0 Å². The molecule has 0 amide bonds. The lowest BCUT2D eigenvalue weighted by atomic mass is 10.2. The Hall–Kier alpha value is -2.50. The van der Waals surface area contributed by atoms with E-state index < -0.39 is 5.97 Å². The van der Waals surface area contributed by atoms with E-state index in [4.69, 9.17) is 18.7 Å². The molecule has 6 nitrogen and oxygen atoms in total. The van der Waals surface area contributed by atoms with Gasteiger partial charge in [-0.25, -0.2) is 4.79 Å². The van der Waals surface area contributed by atoms with E-state index in [9.17, 15) is 4.79 Å². The second-order valence-corrected chi connectivity index (χ2v) is 4.08. The number of hydrogen-bond acceptors (Lipinski definition) is 6. The minimum Gasteiger partial charge on any atom is -0.493 e. The molecule has 0 N–H and O–H groups in total. The van der Waals surface area contributed by atoms with Crippen molar-refractivity contribution in [3.05, 3.63) is 35.2 Å². The number of hydrogen-bond donors (Lipinski definition) is 0. The first kappa shape index (κ1) is 13.9. The molecule has 0 fully saturated rings. The zero-order chi connectivity index (χ0) is 14.7. The molecule has 1 aromatic heterocycles. The molecule has 1 heterocycles. The second kappa shape index (κ2) is 5.64.